The Kier molecular flexibility index (Phi) is 5.61. The number of hydrogen-bond acceptors (Lipinski definition) is 9. The number of fused-ring (bicyclic) bond motifs is 1. The molecule has 0 spiro atoms. The van der Waals surface area contributed by atoms with Crippen LogP contribution in [0.2, 0.25) is 0 Å². The van der Waals surface area contributed by atoms with E-state index >= 15 is 0 Å². The number of hydrogen-bond donors (Lipinski definition) is 2. The van der Waals surface area contributed by atoms with Crippen molar-refractivity contribution in [1.29, 1.82) is 0 Å². The topological polar surface area (TPSA) is 156 Å². The van der Waals surface area contributed by atoms with Crippen molar-refractivity contribution in [3.63, 3.8) is 0 Å². The lowest BCUT2D eigenvalue weighted by molar-refractivity contribution is -0.573. The summed E-state index contributed by atoms with van der Waals surface area (Å²) in [6.45, 7) is 0.798. The Morgan fingerprint density at radius 3 is 2.76 bits per heavy atom. The van der Waals surface area contributed by atoms with Crippen LogP contribution in [-0.4, -0.2) is 62.1 Å². The fraction of sp³-hybridized carbons (Fsp3) is 0.375. The summed E-state index contributed by atoms with van der Waals surface area (Å²) in [7, 11) is 0. The molecule has 1 aromatic rings. The van der Waals surface area contributed by atoms with E-state index in [9.17, 15) is 34.4 Å². The molecule has 0 aromatic carbocycles. The molecule has 11 nitrogen and oxygen atoms in total. The van der Waals surface area contributed by atoms with Crippen LogP contribution in [0.3, 0.4) is 0 Å². The molecule has 2 amide bonds. The number of ether oxygens (including phenoxy) is 1. The van der Waals surface area contributed by atoms with Crippen molar-refractivity contribution < 1.29 is 33.9 Å². The van der Waals surface area contributed by atoms with Crippen LogP contribution < -0.4 is 5.32 Å². The van der Waals surface area contributed by atoms with E-state index in [1.165, 1.54) is 11.3 Å². The van der Waals surface area contributed by atoms with Crippen molar-refractivity contribution >= 4 is 46.9 Å². The highest BCUT2D eigenvalue weighted by Gasteiger charge is 2.75. The second-order valence-corrected chi connectivity index (χ2v) is 8.30. The summed E-state index contributed by atoms with van der Waals surface area (Å²) in [5.74, 6) is -4.00. The van der Waals surface area contributed by atoms with Gasteiger partial charge in [0, 0.05) is 23.1 Å². The highest BCUT2D eigenvalue weighted by Crippen LogP contribution is 2.46. The molecule has 29 heavy (non-hydrogen) atoms. The van der Waals surface area contributed by atoms with Crippen LogP contribution in [0.15, 0.2) is 28.8 Å². The summed E-state index contributed by atoms with van der Waals surface area (Å²) in [6.07, 6.45) is -0.142. The summed E-state index contributed by atoms with van der Waals surface area (Å²) < 4.78 is 4.81. The normalized spacial score (nSPS) is 23.1. The number of nitrogens with zero attached hydrogens (tertiary/aromatic N) is 2. The van der Waals surface area contributed by atoms with E-state index in [2.05, 4.69) is 5.32 Å². The number of amides is 2. The second-order valence-electron chi connectivity index (χ2n) is 6.20. The van der Waals surface area contributed by atoms with Gasteiger partial charge in [0.25, 0.3) is 0 Å². The molecule has 1 saturated heterocycles. The zero-order valence-corrected chi connectivity index (χ0v) is 16.6. The van der Waals surface area contributed by atoms with Crippen LogP contribution in [0.4, 0.5) is 0 Å². The van der Waals surface area contributed by atoms with Gasteiger partial charge in [0.05, 0.1) is 11.3 Å². The summed E-state index contributed by atoms with van der Waals surface area (Å²) in [4.78, 5) is 60.1. The maximum atomic E-state index is 12.7. The van der Waals surface area contributed by atoms with Crippen molar-refractivity contribution in [2.45, 2.75) is 24.4 Å². The van der Waals surface area contributed by atoms with Gasteiger partial charge in [-0.15, -0.1) is 23.1 Å². The summed E-state index contributed by atoms with van der Waals surface area (Å²) in [6, 6.07) is 3.40. The largest absolute Gasteiger partial charge is 0.477 e. The lowest BCUT2D eigenvalue weighted by Crippen LogP contribution is -2.83. The number of thioether (sulfide) groups is 1. The Balaban J connectivity index is 1.87. The minimum atomic E-state index is -2.45. The van der Waals surface area contributed by atoms with Crippen molar-refractivity contribution in [1.82, 2.24) is 10.2 Å². The Labute approximate surface area is 171 Å². The number of esters is 1. The maximum absolute atomic E-state index is 12.7. The van der Waals surface area contributed by atoms with Gasteiger partial charge in [0.2, 0.25) is 5.91 Å². The number of carboxylic acids is 1. The van der Waals surface area contributed by atoms with Crippen LogP contribution >= 0.6 is 23.1 Å². The monoisotopic (exact) mass is 441 g/mol. The first kappa shape index (κ1) is 20.8. The molecular formula is C16H15N3O8S2. The van der Waals surface area contributed by atoms with Gasteiger partial charge in [-0.05, 0) is 11.4 Å². The van der Waals surface area contributed by atoms with Gasteiger partial charge in [0.15, 0.2) is 5.37 Å². The third-order valence-electron chi connectivity index (χ3n) is 4.31. The third-order valence-corrected chi connectivity index (χ3v) is 6.57. The lowest BCUT2D eigenvalue weighted by atomic mass is 9.95. The van der Waals surface area contributed by atoms with Gasteiger partial charge in [-0.25, -0.2) is 4.79 Å². The van der Waals surface area contributed by atoms with Gasteiger partial charge in [0.1, 0.15) is 12.3 Å². The zero-order valence-electron chi connectivity index (χ0n) is 14.9. The number of rotatable bonds is 7. The number of carbonyl (C=O) groups is 4. The third kappa shape index (κ3) is 3.58. The highest BCUT2D eigenvalue weighted by atomic mass is 32.2. The number of nitro groups is 1. The Morgan fingerprint density at radius 1 is 1.48 bits per heavy atom. The van der Waals surface area contributed by atoms with E-state index in [0.717, 1.165) is 23.6 Å². The lowest BCUT2D eigenvalue weighted by Gasteiger charge is -2.50. The van der Waals surface area contributed by atoms with Crippen molar-refractivity contribution in [2.24, 2.45) is 0 Å². The predicted molar refractivity (Wildman–Crippen MR) is 100 cm³/mol. The molecule has 2 N–H and O–H groups in total. The molecule has 2 atom stereocenters. The van der Waals surface area contributed by atoms with E-state index < -0.39 is 45.4 Å². The number of aliphatic carboxylic acids is 1. The van der Waals surface area contributed by atoms with E-state index in [0.29, 0.717) is 4.88 Å². The molecule has 3 rings (SSSR count). The van der Waals surface area contributed by atoms with E-state index in [1.54, 1.807) is 17.5 Å². The molecule has 0 unspecified atom stereocenters. The first-order valence-corrected chi connectivity index (χ1v) is 10.1. The van der Waals surface area contributed by atoms with E-state index in [1.807, 2.05) is 0 Å². The number of thiophene rings is 1. The SMILES string of the molecule is CC(=O)OCC1=C(C(=O)O)N2C(=O)[C@@](NC(=O)Cc3cccs3)([N+](=O)[O-])[C@H]2SC1. The highest BCUT2D eigenvalue weighted by molar-refractivity contribution is 8.00. The summed E-state index contributed by atoms with van der Waals surface area (Å²) in [5.41, 5.74) is -2.78. The van der Waals surface area contributed by atoms with Gasteiger partial charge in [-0.2, -0.15) is 0 Å². The van der Waals surface area contributed by atoms with Gasteiger partial charge in [-0.3, -0.25) is 34.7 Å². The van der Waals surface area contributed by atoms with Crippen LogP contribution in [0.25, 0.3) is 0 Å². The molecule has 3 heterocycles. The smallest absolute Gasteiger partial charge is 0.404 e. The Hall–Kier alpha value is -2.93. The van der Waals surface area contributed by atoms with Crippen molar-refractivity contribution in [3.05, 3.63) is 43.8 Å². The maximum Gasteiger partial charge on any atom is 0.404 e. The zero-order chi connectivity index (χ0) is 21.3. The molecule has 0 radical (unpaired) electrons. The minimum Gasteiger partial charge on any atom is -0.477 e. The quantitative estimate of drug-likeness (QED) is 0.198. The van der Waals surface area contributed by atoms with Crippen molar-refractivity contribution in [2.75, 3.05) is 12.4 Å². The molecule has 13 heteroatoms. The number of carbonyl (C=O) groups excluding carboxylic acids is 3. The standard InChI is InChI=1S/C16H15N3O8S2/c1-8(20)27-6-9-7-29-15-16(19(25)26,14(24)18(15)12(9)13(22)23)17-11(21)5-10-3-2-4-28-10/h2-4,15H,5-7H2,1H3,(H,17,21)(H,22,23)/t15-,16-/m1/s1. The van der Waals surface area contributed by atoms with Crippen LogP contribution in [0, 0.1) is 10.1 Å². The van der Waals surface area contributed by atoms with Crippen LogP contribution in [0.5, 0.6) is 0 Å². The molecule has 2 aliphatic heterocycles. The van der Waals surface area contributed by atoms with Crippen LogP contribution in [0.1, 0.15) is 11.8 Å². The first-order chi connectivity index (χ1) is 13.7. The molecule has 1 fully saturated rings. The molecule has 0 aliphatic carbocycles. The summed E-state index contributed by atoms with van der Waals surface area (Å²) in [5, 5.41) is 24.0. The molecule has 0 saturated carbocycles. The second kappa shape index (κ2) is 7.83. The van der Waals surface area contributed by atoms with E-state index in [-0.39, 0.29) is 24.4 Å². The molecule has 154 valence electrons. The molecular weight excluding hydrogens is 426 g/mol. The van der Waals surface area contributed by atoms with E-state index in [4.69, 9.17) is 4.74 Å². The number of carboxylic acid groups (broad SMARTS) is 1. The predicted octanol–water partition coefficient (Wildman–Crippen LogP) is 0.197. The molecule has 2 aliphatic rings. The fourth-order valence-corrected chi connectivity index (χ4v) is 5.18. The van der Waals surface area contributed by atoms with Crippen molar-refractivity contribution in [3.8, 4) is 0 Å². The molecule has 1 aromatic heterocycles. The minimum absolute atomic E-state index is 0.0141. The first-order valence-electron chi connectivity index (χ1n) is 8.20. The van der Waals surface area contributed by atoms with Gasteiger partial charge < -0.3 is 9.84 Å². The molecule has 0 bridgehead atoms. The van der Waals surface area contributed by atoms with Crippen LogP contribution in [-0.2, 0) is 30.3 Å². The average Bonchev–Trinajstić information content (AvgIpc) is 3.15. The summed E-state index contributed by atoms with van der Waals surface area (Å²) >= 11 is 2.21. The Bertz CT molecular complexity index is 929. The average molecular weight is 441 g/mol. The Morgan fingerprint density at radius 2 is 2.21 bits per heavy atom. The fourth-order valence-electron chi connectivity index (χ4n) is 3.06. The number of nitrogens with one attached hydrogen (secondary N) is 1. The van der Waals surface area contributed by atoms with Gasteiger partial charge in [-0.1, -0.05) is 6.07 Å². The van der Waals surface area contributed by atoms with Gasteiger partial charge >= 0.3 is 23.5 Å². The number of β-lactam (4-membered cyclic amide) rings is 1.